The molecule has 0 aliphatic rings. The van der Waals surface area contributed by atoms with Crippen molar-refractivity contribution in [2.75, 3.05) is 20.1 Å². The molecule has 3 heteroatoms. The molecule has 0 saturated heterocycles. The van der Waals surface area contributed by atoms with E-state index in [1.807, 2.05) is 7.05 Å². The number of nitrogens with zero attached hydrogens (tertiary/aromatic N) is 1. The minimum Gasteiger partial charge on any atom is -0.284 e. The molecule has 3 aromatic rings. The summed E-state index contributed by atoms with van der Waals surface area (Å²) >= 11 is 0. The van der Waals surface area contributed by atoms with Crippen molar-refractivity contribution in [2.24, 2.45) is 0 Å². The molecule has 37 heavy (non-hydrogen) atoms. The van der Waals surface area contributed by atoms with Crippen molar-refractivity contribution >= 4 is 29.4 Å². The number of hydrogen-bond donors (Lipinski definition) is 1. The average Bonchev–Trinajstić information content (AvgIpc) is 2.96. The lowest BCUT2D eigenvalue weighted by Crippen LogP contribution is -2.51. The average molecular weight is 500 g/mol. The summed E-state index contributed by atoms with van der Waals surface area (Å²) in [5, 5.41) is 3.08. The van der Waals surface area contributed by atoms with Crippen LogP contribution >= 0.6 is 0 Å². The number of benzene rings is 3. The molecule has 3 rings (SSSR count). The van der Waals surface area contributed by atoms with E-state index < -0.39 is 0 Å². The Kier molecular flexibility index (Phi) is 19.5. The number of unbranched alkanes of at least 4 members (excludes halogenated alkanes) is 6. The van der Waals surface area contributed by atoms with Crippen molar-refractivity contribution in [2.45, 2.75) is 79.1 Å². The molecule has 200 valence electrons. The van der Waals surface area contributed by atoms with Crippen molar-refractivity contribution in [3.63, 3.8) is 0 Å². The van der Waals surface area contributed by atoms with Crippen LogP contribution in [0.4, 0.5) is 0 Å². The van der Waals surface area contributed by atoms with Gasteiger partial charge in [-0.15, -0.1) is 0 Å². The van der Waals surface area contributed by atoms with Crippen LogP contribution in [0.5, 0.6) is 0 Å². The van der Waals surface area contributed by atoms with Gasteiger partial charge in [0.15, 0.2) is 0 Å². The van der Waals surface area contributed by atoms with Gasteiger partial charge in [-0.2, -0.15) is 0 Å². The third-order valence-electron chi connectivity index (χ3n) is 6.42. The quantitative estimate of drug-likeness (QED) is 0.0917. The number of hydrogen-bond acceptors (Lipinski definition) is 0. The zero-order chi connectivity index (χ0) is 27.0. The van der Waals surface area contributed by atoms with Gasteiger partial charge in [0, 0.05) is 0 Å². The maximum absolute atomic E-state index is 3.08. The highest BCUT2D eigenvalue weighted by atomic mass is 15.1. The Bertz CT molecular complexity index is 814. The summed E-state index contributed by atoms with van der Waals surface area (Å²) in [5.74, 6) is 0. The SMILES string of the molecule is CCCC.CCCCCCCC[N+](=CNC)CC.c1ccc(B(c2ccccc2)c2ccccc2)cc1. The maximum atomic E-state index is 3.08. The van der Waals surface area contributed by atoms with Gasteiger partial charge in [-0.3, -0.25) is 9.89 Å². The Morgan fingerprint density at radius 3 is 1.32 bits per heavy atom. The summed E-state index contributed by atoms with van der Waals surface area (Å²) in [4.78, 5) is 0. The fourth-order valence-corrected chi connectivity index (χ4v) is 4.11. The largest absolute Gasteiger partial charge is 0.284 e. The molecule has 1 N–H and O–H groups in total. The van der Waals surface area contributed by atoms with Gasteiger partial charge < -0.3 is 0 Å². The molecule has 0 fully saturated rings. The predicted molar refractivity (Wildman–Crippen MR) is 169 cm³/mol. The molecule has 0 unspecified atom stereocenters. The van der Waals surface area contributed by atoms with Crippen LogP contribution in [0, 0.1) is 0 Å². The Hall–Kier alpha value is -2.81. The van der Waals surface area contributed by atoms with E-state index in [-0.39, 0.29) is 0 Å². The van der Waals surface area contributed by atoms with Crippen LogP contribution in [-0.2, 0) is 0 Å². The first-order chi connectivity index (χ1) is 18.2. The van der Waals surface area contributed by atoms with Crippen molar-refractivity contribution in [3.05, 3.63) is 91.0 Å². The minimum atomic E-state index is 0.309. The van der Waals surface area contributed by atoms with Gasteiger partial charge in [0.1, 0.15) is 0 Å². The second-order valence-electron chi connectivity index (χ2n) is 9.48. The summed E-state index contributed by atoms with van der Waals surface area (Å²) in [5.41, 5.74) is 4.00. The Balaban J connectivity index is 0.000000337. The van der Waals surface area contributed by atoms with Gasteiger partial charge in [-0.1, -0.05) is 167 Å². The van der Waals surface area contributed by atoms with Crippen LogP contribution in [0.15, 0.2) is 91.0 Å². The fourth-order valence-electron chi connectivity index (χ4n) is 4.11. The molecule has 0 radical (unpaired) electrons. The normalized spacial score (nSPS) is 10.5. The van der Waals surface area contributed by atoms with Crippen LogP contribution in [0.25, 0.3) is 0 Å². The fraction of sp³-hybridized carbons (Fsp3) is 0.441. The van der Waals surface area contributed by atoms with Crippen LogP contribution in [0.1, 0.15) is 79.1 Å². The molecule has 0 amide bonds. The lowest BCUT2D eigenvalue weighted by atomic mass is 9.37. The Labute approximate surface area is 229 Å². The van der Waals surface area contributed by atoms with E-state index in [1.54, 1.807) is 0 Å². The van der Waals surface area contributed by atoms with Crippen molar-refractivity contribution in [3.8, 4) is 0 Å². The highest BCUT2D eigenvalue weighted by molar-refractivity contribution is 6.95. The van der Waals surface area contributed by atoms with E-state index in [2.05, 4.69) is 135 Å². The highest BCUT2D eigenvalue weighted by Crippen LogP contribution is 2.04. The van der Waals surface area contributed by atoms with Gasteiger partial charge in [-0.25, -0.2) is 0 Å². The third kappa shape index (κ3) is 14.5. The molecule has 0 bridgehead atoms. The third-order valence-corrected chi connectivity index (χ3v) is 6.42. The smallest absolute Gasteiger partial charge is 0.241 e. The topological polar surface area (TPSA) is 15.0 Å². The van der Waals surface area contributed by atoms with E-state index in [9.17, 15) is 0 Å². The molecular weight excluding hydrogens is 447 g/mol. The summed E-state index contributed by atoms with van der Waals surface area (Å²) in [7, 11) is 1.96. The first-order valence-electron chi connectivity index (χ1n) is 14.6. The van der Waals surface area contributed by atoms with E-state index in [1.165, 1.54) is 74.3 Å². The molecule has 0 aromatic heterocycles. The molecule has 3 aromatic carbocycles. The number of rotatable bonds is 13. The number of nitrogens with one attached hydrogen (secondary N) is 1. The van der Waals surface area contributed by atoms with E-state index >= 15 is 0 Å². The summed E-state index contributed by atoms with van der Waals surface area (Å²) in [6.07, 6.45) is 13.0. The Morgan fingerprint density at radius 2 is 0.973 bits per heavy atom. The lowest BCUT2D eigenvalue weighted by molar-refractivity contribution is -0.522. The molecule has 0 saturated carbocycles. The molecule has 0 aliphatic carbocycles. The molecular formula is C34H52BN2+. The molecule has 0 heterocycles. The summed E-state index contributed by atoms with van der Waals surface area (Å²) < 4.78 is 2.33. The first kappa shape index (κ1) is 32.2. The molecule has 0 aliphatic heterocycles. The van der Waals surface area contributed by atoms with Crippen molar-refractivity contribution < 1.29 is 4.58 Å². The minimum absolute atomic E-state index is 0.309. The van der Waals surface area contributed by atoms with E-state index in [0.717, 1.165) is 6.54 Å². The van der Waals surface area contributed by atoms with Crippen molar-refractivity contribution in [1.29, 1.82) is 0 Å². The molecule has 0 spiro atoms. The zero-order valence-corrected chi connectivity index (χ0v) is 24.3. The van der Waals surface area contributed by atoms with Crippen LogP contribution in [0.2, 0.25) is 0 Å². The predicted octanol–water partition coefficient (Wildman–Crippen LogP) is 6.64. The second kappa shape index (κ2) is 22.4. The van der Waals surface area contributed by atoms with Crippen LogP contribution in [-0.4, -0.2) is 37.8 Å². The Morgan fingerprint density at radius 1 is 0.568 bits per heavy atom. The van der Waals surface area contributed by atoms with Gasteiger partial charge in [0.05, 0.1) is 20.1 Å². The molecule has 0 atom stereocenters. The summed E-state index contributed by atoms with van der Waals surface area (Å²) in [6.45, 7) is 11.4. The zero-order valence-electron chi connectivity index (χ0n) is 24.3. The van der Waals surface area contributed by atoms with E-state index in [4.69, 9.17) is 0 Å². The van der Waals surface area contributed by atoms with Gasteiger partial charge in [-0.05, 0) is 19.8 Å². The standard InChI is InChI=1S/C18H15B.C12H26N2.C4H10/c1-4-10-16(11-5-1)19(17-12-6-2-7-13-17)18-14-8-3-9-15-18;1-4-6-7-8-9-10-11-14(5-2)12-13-3;1-3-4-2/h1-15H;12H,4-11H2,1-3H3;3-4H2,1-2H3/p+1. The van der Waals surface area contributed by atoms with E-state index in [0.29, 0.717) is 6.71 Å². The van der Waals surface area contributed by atoms with Crippen LogP contribution < -0.4 is 21.7 Å². The first-order valence-corrected chi connectivity index (χ1v) is 14.6. The highest BCUT2D eigenvalue weighted by Gasteiger charge is 2.20. The van der Waals surface area contributed by atoms with Gasteiger partial charge in [0.2, 0.25) is 13.1 Å². The van der Waals surface area contributed by atoms with Gasteiger partial charge in [0.25, 0.3) is 0 Å². The van der Waals surface area contributed by atoms with Gasteiger partial charge >= 0.3 is 0 Å². The van der Waals surface area contributed by atoms with Crippen LogP contribution in [0.3, 0.4) is 0 Å². The monoisotopic (exact) mass is 499 g/mol. The second-order valence-corrected chi connectivity index (χ2v) is 9.48. The molecule has 2 nitrogen and oxygen atoms in total. The maximum Gasteiger partial charge on any atom is 0.241 e. The van der Waals surface area contributed by atoms with Crippen molar-refractivity contribution in [1.82, 2.24) is 5.32 Å². The lowest BCUT2D eigenvalue weighted by Gasteiger charge is -2.15. The summed E-state index contributed by atoms with van der Waals surface area (Å²) in [6, 6.07) is 32.0.